The number of ether oxygens (including phenoxy) is 3. The summed E-state index contributed by atoms with van der Waals surface area (Å²) in [6.45, 7) is 0.0921. The molecule has 0 saturated carbocycles. The molecule has 0 aliphatic carbocycles. The van der Waals surface area contributed by atoms with E-state index in [1.807, 2.05) is 0 Å². The van der Waals surface area contributed by atoms with Crippen LogP contribution in [-0.2, 0) is 26.0 Å². The smallest absolute Gasteiger partial charge is 0.325 e. The first-order valence-corrected chi connectivity index (χ1v) is 15.4. The minimum atomic E-state index is -4.17. The average Bonchev–Trinajstić information content (AvgIpc) is 3.49. The molecule has 2 heterocycles. The summed E-state index contributed by atoms with van der Waals surface area (Å²) >= 11 is 12.7. The van der Waals surface area contributed by atoms with Gasteiger partial charge in [-0.1, -0.05) is 35.3 Å². The Balaban J connectivity index is 1.67. The summed E-state index contributed by atoms with van der Waals surface area (Å²) in [5.74, 6) is -0.306. The number of halogens is 2. The van der Waals surface area contributed by atoms with Gasteiger partial charge in [0.2, 0.25) is 10.0 Å². The van der Waals surface area contributed by atoms with Crippen molar-refractivity contribution in [3.63, 3.8) is 0 Å². The van der Waals surface area contributed by atoms with Crippen molar-refractivity contribution in [2.24, 2.45) is 0 Å². The molecule has 2 aromatic carbocycles. The van der Waals surface area contributed by atoms with Crippen LogP contribution in [0.15, 0.2) is 59.8 Å². The molecule has 1 aliphatic rings. The van der Waals surface area contributed by atoms with E-state index in [4.69, 9.17) is 37.4 Å². The monoisotopic (exact) mass is 651 g/mol. The van der Waals surface area contributed by atoms with Crippen molar-refractivity contribution in [1.29, 1.82) is 0 Å². The maximum absolute atomic E-state index is 13.7. The third-order valence-corrected chi connectivity index (χ3v) is 9.61. The van der Waals surface area contributed by atoms with Gasteiger partial charge in [-0.3, -0.25) is 9.59 Å². The first kappa shape index (κ1) is 32.3. The van der Waals surface area contributed by atoms with Crippen molar-refractivity contribution in [3.05, 3.63) is 86.8 Å². The van der Waals surface area contributed by atoms with Gasteiger partial charge in [-0.05, 0) is 48.7 Å². The van der Waals surface area contributed by atoms with Gasteiger partial charge >= 0.3 is 5.97 Å². The van der Waals surface area contributed by atoms with E-state index in [1.165, 1.54) is 43.4 Å². The number of carbonyl (C=O) groups excluding carboxylic acids is 2. The van der Waals surface area contributed by atoms with Crippen LogP contribution in [0.3, 0.4) is 0 Å². The van der Waals surface area contributed by atoms with Crippen molar-refractivity contribution < 1.29 is 36.9 Å². The molecule has 14 heteroatoms. The third-order valence-electron chi connectivity index (χ3n) is 7.05. The second-order valence-corrected chi connectivity index (χ2v) is 12.7. The van der Waals surface area contributed by atoms with Gasteiger partial charge in [0.1, 0.15) is 22.2 Å². The molecule has 43 heavy (non-hydrogen) atoms. The summed E-state index contributed by atoms with van der Waals surface area (Å²) < 4.78 is 45.7. The molecule has 4 rings (SSSR count). The van der Waals surface area contributed by atoms with E-state index >= 15 is 0 Å². The molecule has 1 fully saturated rings. The molecule has 0 bridgehead atoms. The molecular formula is C29H31Cl2N3O8S. The van der Waals surface area contributed by atoms with Gasteiger partial charge in [0, 0.05) is 38.2 Å². The number of sulfonamides is 1. The molecular weight excluding hydrogens is 621 g/mol. The topological polar surface area (TPSA) is 129 Å². The Hall–Kier alpha value is -3.58. The first-order valence-electron chi connectivity index (χ1n) is 13.2. The maximum atomic E-state index is 13.7. The van der Waals surface area contributed by atoms with Crippen LogP contribution < -0.4 is 14.2 Å². The highest BCUT2D eigenvalue weighted by Crippen LogP contribution is 2.36. The van der Waals surface area contributed by atoms with Gasteiger partial charge in [0.05, 0.1) is 19.1 Å². The number of hydrogen-bond donors (Lipinski definition) is 0. The van der Waals surface area contributed by atoms with Crippen molar-refractivity contribution in [2.45, 2.75) is 36.3 Å². The number of benzene rings is 2. The van der Waals surface area contributed by atoms with Crippen LogP contribution >= 0.6 is 23.2 Å². The number of esters is 1. The maximum Gasteiger partial charge on any atom is 0.325 e. The number of carbonyl (C=O) groups is 2. The lowest BCUT2D eigenvalue weighted by Gasteiger charge is -2.26. The lowest BCUT2D eigenvalue weighted by molar-refractivity contribution is -0.605. The Kier molecular flexibility index (Phi) is 10.1. The van der Waals surface area contributed by atoms with Gasteiger partial charge in [-0.15, -0.1) is 0 Å². The first-order chi connectivity index (χ1) is 20.4. The minimum Gasteiger partial charge on any atom is -0.619 e. The van der Waals surface area contributed by atoms with E-state index in [0.29, 0.717) is 33.8 Å². The van der Waals surface area contributed by atoms with Crippen LogP contribution in [0.2, 0.25) is 10.0 Å². The number of nitrogens with zero attached hydrogens (tertiary/aromatic N) is 3. The molecule has 2 unspecified atom stereocenters. The number of methoxy groups -OCH3 is 2. The molecule has 11 nitrogen and oxygen atoms in total. The average molecular weight is 653 g/mol. The normalized spacial score (nSPS) is 16.0. The summed E-state index contributed by atoms with van der Waals surface area (Å²) in [6.07, 6.45) is 1.92. The fourth-order valence-corrected chi connectivity index (χ4v) is 7.15. The number of aromatic nitrogens is 1. The fourth-order valence-electron chi connectivity index (χ4n) is 4.86. The molecule has 0 N–H and O–H groups in total. The van der Waals surface area contributed by atoms with Gasteiger partial charge in [0.15, 0.2) is 23.9 Å². The Morgan fingerprint density at radius 3 is 2.37 bits per heavy atom. The SMILES string of the molecule is COc1ccc(C(Cc2c(Cl)c[n+]([O-])cc2Cl)OC(=O)C2CCCN2S(=O)(=O)c2cccc(C(=O)N(C)C)c2)cc1OC. The summed E-state index contributed by atoms with van der Waals surface area (Å²) in [6, 6.07) is 9.52. The Morgan fingerprint density at radius 1 is 1.07 bits per heavy atom. The van der Waals surface area contributed by atoms with E-state index in [-0.39, 0.29) is 45.8 Å². The fraction of sp³-hybridized carbons (Fsp3) is 0.345. The summed E-state index contributed by atoms with van der Waals surface area (Å²) in [4.78, 5) is 27.4. The second-order valence-electron chi connectivity index (χ2n) is 10.0. The van der Waals surface area contributed by atoms with Crippen molar-refractivity contribution >= 4 is 45.1 Å². The zero-order chi connectivity index (χ0) is 31.5. The van der Waals surface area contributed by atoms with Crippen molar-refractivity contribution in [2.75, 3.05) is 34.9 Å². The molecule has 1 saturated heterocycles. The van der Waals surface area contributed by atoms with E-state index in [2.05, 4.69) is 0 Å². The lowest BCUT2D eigenvalue weighted by atomic mass is 10.0. The predicted molar refractivity (Wildman–Crippen MR) is 159 cm³/mol. The number of hydrogen-bond acceptors (Lipinski definition) is 8. The molecule has 3 aromatic rings. The lowest BCUT2D eigenvalue weighted by Crippen LogP contribution is -2.42. The molecule has 0 radical (unpaired) electrons. The zero-order valence-corrected chi connectivity index (χ0v) is 26.3. The van der Waals surface area contributed by atoms with Gasteiger partial charge in [-0.25, -0.2) is 8.42 Å². The molecule has 2 atom stereocenters. The Bertz CT molecular complexity index is 1610. The molecule has 230 valence electrons. The Morgan fingerprint density at radius 2 is 1.74 bits per heavy atom. The van der Waals surface area contributed by atoms with Gasteiger partial charge in [0.25, 0.3) is 5.91 Å². The van der Waals surface area contributed by atoms with E-state index in [9.17, 15) is 23.2 Å². The zero-order valence-electron chi connectivity index (χ0n) is 24.0. The number of rotatable bonds is 10. The van der Waals surface area contributed by atoms with Crippen molar-refractivity contribution in [3.8, 4) is 11.5 Å². The quantitative estimate of drug-likeness (QED) is 0.183. The van der Waals surface area contributed by atoms with Crippen molar-refractivity contribution in [1.82, 2.24) is 9.21 Å². The van der Waals surface area contributed by atoms with Crippen LogP contribution in [0.4, 0.5) is 0 Å². The van der Waals surface area contributed by atoms with Crippen LogP contribution in [0.5, 0.6) is 11.5 Å². The molecule has 1 aliphatic heterocycles. The molecule has 1 aromatic heterocycles. The summed E-state index contributed by atoms with van der Waals surface area (Å²) in [5, 5.41) is 12.0. The molecule has 0 spiro atoms. The highest BCUT2D eigenvalue weighted by Gasteiger charge is 2.41. The Labute approximate surface area is 260 Å². The number of amides is 1. The highest BCUT2D eigenvalue weighted by atomic mass is 35.5. The largest absolute Gasteiger partial charge is 0.619 e. The number of pyridine rings is 1. The van der Waals surface area contributed by atoms with E-state index in [0.717, 1.165) is 16.7 Å². The standard InChI is InChI=1S/C29H31Cl2N3O8S/c1-32(2)28(35)19-7-5-8-20(13-19)43(38,39)34-12-6-9-24(34)29(36)42-26(15-21-22(30)16-33(37)17-23(21)31)18-10-11-25(40-3)27(14-18)41-4/h5,7-8,10-11,13-14,16-17,24,26H,6,9,12,15H2,1-4H3. The van der Waals surface area contributed by atoms with Gasteiger partial charge < -0.3 is 24.3 Å². The van der Waals surface area contributed by atoms with E-state index in [1.54, 1.807) is 32.3 Å². The second kappa shape index (κ2) is 13.4. The molecule has 1 amide bonds. The van der Waals surface area contributed by atoms with Crippen LogP contribution in [-0.4, -0.2) is 70.4 Å². The minimum absolute atomic E-state index is 0.0199. The van der Waals surface area contributed by atoms with Crippen LogP contribution in [0.1, 0.15) is 40.4 Å². The van der Waals surface area contributed by atoms with Crippen LogP contribution in [0.25, 0.3) is 0 Å². The highest BCUT2D eigenvalue weighted by molar-refractivity contribution is 7.89. The van der Waals surface area contributed by atoms with E-state index < -0.39 is 28.1 Å². The summed E-state index contributed by atoms with van der Waals surface area (Å²) in [5.41, 5.74) is 1.06. The van der Waals surface area contributed by atoms with Gasteiger partial charge in [-0.2, -0.15) is 9.04 Å². The van der Waals surface area contributed by atoms with Crippen LogP contribution in [0, 0.1) is 5.21 Å². The third kappa shape index (κ3) is 6.98. The predicted octanol–water partition coefficient (Wildman–Crippen LogP) is 4.03. The summed E-state index contributed by atoms with van der Waals surface area (Å²) in [7, 11) is 1.92.